The summed E-state index contributed by atoms with van der Waals surface area (Å²) in [6.45, 7) is 11.4. The van der Waals surface area contributed by atoms with E-state index in [0.29, 0.717) is 112 Å². The number of aliphatic carboxylic acids is 1. The van der Waals surface area contributed by atoms with Crippen LogP contribution in [0.2, 0.25) is 0 Å². The largest absolute Gasteiger partial charge is 0.496 e. The van der Waals surface area contributed by atoms with E-state index in [-0.39, 0.29) is 54.0 Å². The number of carboxylic acids is 1. The predicted molar refractivity (Wildman–Crippen MR) is 290 cm³/mol. The van der Waals surface area contributed by atoms with E-state index < -0.39 is 17.4 Å². The lowest BCUT2D eigenvalue weighted by molar-refractivity contribution is -0.163. The van der Waals surface area contributed by atoms with Crippen molar-refractivity contribution in [3.8, 4) is 28.4 Å². The van der Waals surface area contributed by atoms with Crippen LogP contribution in [-0.4, -0.2) is 186 Å². The molecular formula is C57H86N8O11. The van der Waals surface area contributed by atoms with Crippen molar-refractivity contribution in [1.29, 1.82) is 0 Å². The number of hydrogen-bond acceptors (Lipinski definition) is 13. The number of carbonyl (C=O) groups excluding carboxylic acids is 4. The highest BCUT2D eigenvalue weighted by molar-refractivity contribution is 5.98. The van der Waals surface area contributed by atoms with Crippen molar-refractivity contribution in [2.24, 2.45) is 23.7 Å². The predicted octanol–water partition coefficient (Wildman–Crippen LogP) is 5.88. The van der Waals surface area contributed by atoms with Gasteiger partial charge in [0.2, 0.25) is 11.8 Å². The van der Waals surface area contributed by atoms with Crippen molar-refractivity contribution in [2.45, 2.75) is 95.9 Å². The fourth-order valence-electron chi connectivity index (χ4n) is 11.6. The second-order valence-electron chi connectivity index (χ2n) is 21.3. The highest BCUT2D eigenvalue weighted by Gasteiger charge is 2.62. The summed E-state index contributed by atoms with van der Waals surface area (Å²) < 4.78 is 29.9. The van der Waals surface area contributed by atoms with Gasteiger partial charge in [0.05, 0.1) is 57.6 Å². The maximum atomic E-state index is 14.5. The molecule has 4 bridgehead atoms. The van der Waals surface area contributed by atoms with Gasteiger partial charge in [-0.2, -0.15) is 5.10 Å². The molecule has 76 heavy (non-hydrogen) atoms. The first-order valence-electron chi connectivity index (χ1n) is 27.5. The van der Waals surface area contributed by atoms with Crippen molar-refractivity contribution in [2.75, 3.05) is 121 Å². The van der Waals surface area contributed by atoms with Crippen LogP contribution in [0, 0.1) is 23.7 Å². The van der Waals surface area contributed by atoms with E-state index in [1.165, 1.54) is 0 Å². The van der Waals surface area contributed by atoms with Crippen molar-refractivity contribution in [3.63, 3.8) is 0 Å². The molecule has 0 atom stereocenters. The Hall–Kier alpha value is -5.60. The van der Waals surface area contributed by atoms with Gasteiger partial charge < -0.3 is 59.4 Å². The number of nitrogens with one attached hydrogen (secondary N) is 3. The molecule has 19 heteroatoms. The summed E-state index contributed by atoms with van der Waals surface area (Å²) >= 11 is 0. The smallest absolute Gasteiger partial charge is 0.330 e. The van der Waals surface area contributed by atoms with Crippen LogP contribution in [0.4, 0.5) is 0 Å². The Labute approximate surface area is 450 Å². The van der Waals surface area contributed by atoms with Crippen LogP contribution in [0.3, 0.4) is 0 Å². The van der Waals surface area contributed by atoms with Crippen LogP contribution in [-0.2, 0) is 28.6 Å². The summed E-state index contributed by atoms with van der Waals surface area (Å²) in [4.78, 5) is 72.5. The van der Waals surface area contributed by atoms with Gasteiger partial charge in [-0.05, 0) is 163 Å². The molecule has 0 aliphatic heterocycles. The first-order valence-corrected chi connectivity index (χ1v) is 27.5. The van der Waals surface area contributed by atoms with Gasteiger partial charge in [0.25, 0.3) is 11.8 Å². The number of carboxylic acid groups (broad SMARTS) is 1. The van der Waals surface area contributed by atoms with Gasteiger partial charge in [-0.1, -0.05) is 19.9 Å². The summed E-state index contributed by atoms with van der Waals surface area (Å²) in [7, 11) is 10.6. The Balaban J connectivity index is 0.971. The maximum Gasteiger partial charge on any atom is 0.330 e. The van der Waals surface area contributed by atoms with Gasteiger partial charge in [0.15, 0.2) is 5.69 Å². The van der Waals surface area contributed by atoms with Crippen LogP contribution in [0.25, 0.3) is 16.9 Å². The third-order valence-electron chi connectivity index (χ3n) is 15.5. The number of carbonyl (C=O) groups is 5. The van der Waals surface area contributed by atoms with E-state index in [4.69, 9.17) is 28.8 Å². The molecule has 1 heterocycles. The zero-order chi connectivity index (χ0) is 54.8. The van der Waals surface area contributed by atoms with E-state index in [1.807, 2.05) is 58.3 Å². The number of methoxy groups -OCH3 is 2. The quantitative estimate of drug-likeness (QED) is 0.0515. The number of benzene rings is 2. The minimum Gasteiger partial charge on any atom is -0.496 e. The Morgan fingerprint density at radius 3 is 1.88 bits per heavy atom. The lowest BCUT2D eigenvalue weighted by Gasteiger charge is -2.59. The van der Waals surface area contributed by atoms with Gasteiger partial charge in [0.1, 0.15) is 17.0 Å². The molecule has 4 aliphatic carbocycles. The summed E-state index contributed by atoms with van der Waals surface area (Å²) in [5.74, 6) is -0.226. The molecule has 420 valence electrons. The summed E-state index contributed by atoms with van der Waals surface area (Å²) in [6, 6.07) is 12.6. The number of ether oxygens (including phenoxy) is 5. The van der Waals surface area contributed by atoms with Gasteiger partial charge in [0, 0.05) is 65.3 Å². The highest BCUT2D eigenvalue weighted by Crippen LogP contribution is 2.58. The molecule has 4 saturated carbocycles. The standard InChI is InChI=1S/C57H86N8O11/c1-39(2)45-37-42(55(69)64(6)25-13-23-62(4)22-12-24-63(5)52(67)19-18-51(66)59-21-11-27-75-29-31-76-30-28-74-26-10-20-58-3)16-17-47(45)65-48(53-49(72-7)14-9-15-50(53)73-8)38-46(61-65)54(68)60-57(56(70)71)43-33-40-32-41(35-43)36-44(57)34-40/h9,14-17,37-41,43-44,58H,10-13,18-36H2,1-8H3,(H,59,66)(H,60,68)(H,70,71). The second kappa shape index (κ2) is 29.2. The molecule has 4 fully saturated rings. The molecule has 0 spiro atoms. The van der Waals surface area contributed by atoms with Gasteiger partial charge in [-0.15, -0.1) is 0 Å². The van der Waals surface area contributed by atoms with E-state index in [1.54, 1.807) is 54.9 Å². The molecule has 3 aromatic rings. The van der Waals surface area contributed by atoms with Crippen LogP contribution in [0.5, 0.6) is 11.5 Å². The number of hydrogen-bond donors (Lipinski definition) is 4. The zero-order valence-electron chi connectivity index (χ0n) is 46.5. The molecular weight excluding hydrogens is 973 g/mol. The fourth-order valence-corrected chi connectivity index (χ4v) is 11.6. The fraction of sp³-hybridized carbons (Fsp3) is 0.649. The Kier molecular flexibility index (Phi) is 22.9. The van der Waals surface area contributed by atoms with Gasteiger partial charge in [-0.3, -0.25) is 19.2 Å². The van der Waals surface area contributed by atoms with E-state index in [9.17, 15) is 29.1 Å². The number of aromatic nitrogens is 2. The third kappa shape index (κ3) is 15.5. The number of amides is 4. The second-order valence-corrected chi connectivity index (χ2v) is 21.3. The lowest BCUT2D eigenvalue weighted by atomic mass is 9.48. The number of nitrogens with zero attached hydrogens (tertiary/aromatic N) is 5. The zero-order valence-corrected chi connectivity index (χ0v) is 46.5. The molecule has 4 amide bonds. The van der Waals surface area contributed by atoms with Crippen LogP contribution in [0.15, 0.2) is 42.5 Å². The molecule has 0 unspecified atom stereocenters. The first kappa shape index (κ1) is 59.6. The van der Waals surface area contributed by atoms with Gasteiger partial charge in [-0.25, -0.2) is 9.48 Å². The third-order valence-corrected chi connectivity index (χ3v) is 15.5. The van der Waals surface area contributed by atoms with Crippen molar-refractivity contribution in [3.05, 3.63) is 59.3 Å². The average molecular weight is 1060 g/mol. The topological polar surface area (TPSA) is 215 Å². The molecule has 0 saturated heterocycles. The highest BCUT2D eigenvalue weighted by atomic mass is 16.5. The monoisotopic (exact) mass is 1060 g/mol. The number of rotatable bonds is 34. The van der Waals surface area contributed by atoms with E-state index in [0.717, 1.165) is 76.6 Å². The first-order chi connectivity index (χ1) is 36.6. The van der Waals surface area contributed by atoms with Crippen molar-refractivity contribution in [1.82, 2.24) is 40.4 Å². The molecule has 7 rings (SSSR count). The molecule has 0 radical (unpaired) electrons. The molecule has 2 aromatic carbocycles. The van der Waals surface area contributed by atoms with Gasteiger partial charge >= 0.3 is 5.97 Å². The summed E-state index contributed by atoms with van der Waals surface area (Å²) in [6.07, 6.45) is 7.76. The molecule has 4 N–H and O–H groups in total. The maximum absolute atomic E-state index is 14.5. The molecule has 4 aliphatic rings. The van der Waals surface area contributed by atoms with Crippen molar-refractivity contribution >= 4 is 29.6 Å². The van der Waals surface area contributed by atoms with Crippen molar-refractivity contribution < 1.29 is 52.8 Å². The SMILES string of the molecule is CNCCCOCCOCCOCCCNC(=O)CCC(=O)N(C)CCCN(C)CCCN(C)C(=O)c1ccc(-n2nc(C(=O)NC3(C(=O)O)C4CC5CC(C4)CC3C5)cc2-c2c(OC)cccc2OC)c(C(C)C)c1. The molecule has 19 nitrogen and oxygen atoms in total. The normalized spacial score (nSPS) is 19.5. The Morgan fingerprint density at radius 1 is 0.737 bits per heavy atom. The summed E-state index contributed by atoms with van der Waals surface area (Å²) in [5, 5.41) is 24.8. The lowest BCUT2D eigenvalue weighted by Crippen LogP contribution is -2.70. The minimum atomic E-state index is -1.36. The minimum absolute atomic E-state index is 0.0649. The Bertz CT molecular complexity index is 2340. The van der Waals surface area contributed by atoms with E-state index in [2.05, 4.69) is 20.9 Å². The van der Waals surface area contributed by atoms with Crippen LogP contribution < -0.4 is 25.4 Å². The van der Waals surface area contributed by atoms with Crippen LogP contribution in [0.1, 0.15) is 117 Å². The van der Waals surface area contributed by atoms with E-state index >= 15 is 0 Å². The Morgan fingerprint density at radius 2 is 1.32 bits per heavy atom. The molecule has 1 aromatic heterocycles. The average Bonchev–Trinajstić information content (AvgIpc) is 3.85. The van der Waals surface area contributed by atoms with Crippen LogP contribution >= 0.6 is 0 Å². The summed E-state index contributed by atoms with van der Waals surface area (Å²) in [5.41, 5.74) is 1.77.